The van der Waals surface area contributed by atoms with E-state index in [1.165, 1.54) is 38.6 Å². The second kappa shape index (κ2) is 16.5. The lowest BCUT2D eigenvalue weighted by Gasteiger charge is -2.53. The zero-order valence-corrected chi connectivity index (χ0v) is 20.8. The summed E-state index contributed by atoms with van der Waals surface area (Å²) in [6, 6.07) is 0.688. The van der Waals surface area contributed by atoms with Crippen LogP contribution in [0.5, 0.6) is 0 Å². The van der Waals surface area contributed by atoms with Crippen molar-refractivity contribution < 1.29 is 0 Å². The molecule has 0 aromatic rings. The summed E-state index contributed by atoms with van der Waals surface area (Å²) in [7, 11) is 4.25. The van der Waals surface area contributed by atoms with E-state index in [2.05, 4.69) is 67.8 Å². The minimum atomic E-state index is 0.311. The fourth-order valence-corrected chi connectivity index (χ4v) is 4.04. The predicted molar refractivity (Wildman–Crippen MR) is 130 cm³/mol. The monoisotopic (exact) mass is 414 g/mol. The molecule has 0 saturated carbocycles. The number of nitrogens with zero attached hydrogens (tertiary/aromatic N) is 1. The van der Waals surface area contributed by atoms with Gasteiger partial charge in [0.1, 0.15) is 0 Å². The van der Waals surface area contributed by atoms with Crippen LogP contribution >= 0.6 is 0 Å². The van der Waals surface area contributed by atoms with Crippen LogP contribution < -0.4 is 27.0 Å². The summed E-state index contributed by atoms with van der Waals surface area (Å²) in [6.07, 6.45) is 7.37. The fraction of sp³-hybridized carbons (Fsp3) is 1.00. The lowest BCUT2D eigenvalue weighted by atomic mass is 9.77. The molecule has 0 radical (unpaired) electrons. The third-order valence-electron chi connectivity index (χ3n) is 6.09. The second-order valence-electron chi connectivity index (χ2n) is 9.70. The number of unbranched alkanes of at least 4 members (excludes halogenated alkanes) is 1. The highest BCUT2D eigenvalue weighted by atomic mass is 15.2. The van der Waals surface area contributed by atoms with Gasteiger partial charge in [-0.15, -0.1) is 0 Å². The average Bonchev–Trinajstić information content (AvgIpc) is 2.65. The van der Waals surface area contributed by atoms with E-state index >= 15 is 0 Å². The lowest BCUT2D eigenvalue weighted by molar-refractivity contribution is -0.0180. The largest absolute Gasteiger partial charge is 0.330 e. The highest BCUT2D eigenvalue weighted by Gasteiger charge is 2.42. The maximum Gasteiger partial charge on any atom is 0.0170 e. The molecule has 0 aromatic carbocycles. The topological polar surface area (TPSA) is 77.4 Å². The molecule has 0 aliphatic carbocycles. The minimum Gasteiger partial charge on any atom is -0.330 e. The normalized spacial score (nSPS) is 19.0. The molecule has 6 nitrogen and oxygen atoms in total. The Morgan fingerprint density at radius 2 is 1.38 bits per heavy atom. The molecule has 0 unspecified atom stereocenters. The van der Waals surface area contributed by atoms with E-state index < -0.39 is 0 Å². The summed E-state index contributed by atoms with van der Waals surface area (Å²) in [5.41, 5.74) is 5.98. The average molecular weight is 415 g/mol. The van der Waals surface area contributed by atoms with Crippen molar-refractivity contribution in [1.29, 1.82) is 0 Å². The van der Waals surface area contributed by atoms with Gasteiger partial charge in [-0.25, -0.2) is 0 Å². The SMILES string of the molecule is CCCCNC1CC(C)(C)N(C)C(C)(C)C1.CNCCCNCCNCCCN. The Kier molecular flexibility index (Phi) is 16.3. The van der Waals surface area contributed by atoms with Gasteiger partial charge in [0.25, 0.3) is 0 Å². The molecule has 1 rings (SSSR count). The molecule has 6 N–H and O–H groups in total. The summed E-state index contributed by atoms with van der Waals surface area (Å²) in [5.74, 6) is 0. The van der Waals surface area contributed by atoms with E-state index in [-0.39, 0.29) is 0 Å². The Labute approximate surface area is 182 Å². The Morgan fingerprint density at radius 1 is 0.828 bits per heavy atom. The first-order chi connectivity index (χ1) is 13.7. The first-order valence-electron chi connectivity index (χ1n) is 11.9. The van der Waals surface area contributed by atoms with Gasteiger partial charge in [0.15, 0.2) is 0 Å². The summed E-state index contributed by atoms with van der Waals surface area (Å²) < 4.78 is 0. The van der Waals surface area contributed by atoms with Crippen molar-refractivity contribution in [2.75, 3.05) is 59.9 Å². The Balaban J connectivity index is 0.000000555. The van der Waals surface area contributed by atoms with Crippen molar-refractivity contribution in [1.82, 2.24) is 26.2 Å². The van der Waals surface area contributed by atoms with Gasteiger partial charge in [0.2, 0.25) is 0 Å². The minimum absolute atomic E-state index is 0.311. The summed E-state index contributed by atoms with van der Waals surface area (Å²) in [4.78, 5) is 2.54. The quantitative estimate of drug-likeness (QED) is 0.280. The molecule has 0 atom stereocenters. The zero-order chi connectivity index (χ0) is 22.2. The second-order valence-corrected chi connectivity index (χ2v) is 9.70. The van der Waals surface area contributed by atoms with Crippen LogP contribution in [0.25, 0.3) is 0 Å². The number of hydrogen-bond donors (Lipinski definition) is 5. The number of nitrogens with one attached hydrogen (secondary N) is 4. The molecule has 6 heteroatoms. The maximum atomic E-state index is 5.36. The molecule has 0 aromatic heterocycles. The van der Waals surface area contributed by atoms with Gasteiger partial charge >= 0.3 is 0 Å². The molecule has 29 heavy (non-hydrogen) atoms. The predicted octanol–water partition coefficient (Wildman–Crippen LogP) is 2.15. The number of rotatable bonds is 14. The summed E-state index contributed by atoms with van der Waals surface area (Å²) >= 11 is 0. The van der Waals surface area contributed by atoms with Gasteiger partial charge in [-0.2, -0.15) is 0 Å². The van der Waals surface area contributed by atoms with Gasteiger partial charge in [-0.3, -0.25) is 4.90 Å². The number of piperidine rings is 1. The number of likely N-dealkylation sites (tertiary alicyclic amines) is 1. The van der Waals surface area contributed by atoms with E-state index in [1.54, 1.807) is 0 Å². The van der Waals surface area contributed by atoms with Crippen LogP contribution in [0.4, 0.5) is 0 Å². The third kappa shape index (κ3) is 13.6. The van der Waals surface area contributed by atoms with Crippen molar-refractivity contribution >= 4 is 0 Å². The lowest BCUT2D eigenvalue weighted by Crippen LogP contribution is -2.62. The molecule has 176 valence electrons. The van der Waals surface area contributed by atoms with E-state index in [0.717, 1.165) is 45.7 Å². The third-order valence-corrected chi connectivity index (χ3v) is 6.09. The molecule has 0 bridgehead atoms. The van der Waals surface area contributed by atoms with Crippen molar-refractivity contribution in [3.05, 3.63) is 0 Å². The molecule has 1 saturated heterocycles. The number of nitrogens with two attached hydrogens (primary N) is 1. The molecule has 1 aliphatic heterocycles. The first-order valence-corrected chi connectivity index (χ1v) is 11.9. The Morgan fingerprint density at radius 3 is 1.86 bits per heavy atom. The first kappa shape index (κ1) is 28.8. The van der Waals surface area contributed by atoms with Gasteiger partial charge in [0, 0.05) is 30.2 Å². The van der Waals surface area contributed by atoms with Crippen LogP contribution in [0, 0.1) is 0 Å². The van der Waals surface area contributed by atoms with E-state index in [4.69, 9.17) is 5.73 Å². The standard InChI is InChI=1S/C14H30N2.C9H24N4/c1-7-8-9-15-12-10-13(2,3)16(6)14(4,5)11-12;1-11-5-3-7-13-9-8-12-6-2-4-10/h12,15H,7-11H2,1-6H3;11-13H,2-10H2,1H3. The van der Waals surface area contributed by atoms with Crippen molar-refractivity contribution in [2.24, 2.45) is 5.73 Å². The zero-order valence-electron chi connectivity index (χ0n) is 20.8. The van der Waals surface area contributed by atoms with E-state index in [9.17, 15) is 0 Å². The van der Waals surface area contributed by atoms with Crippen LogP contribution in [-0.4, -0.2) is 81.9 Å². The van der Waals surface area contributed by atoms with Gasteiger partial charge in [-0.05, 0) is 107 Å². The van der Waals surface area contributed by atoms with Gasteiger partial charge in [0.05, 0.1) is 0 Å². The highest BCUT2D eigenvalue weighted by Crippen LogP contribution is 2.36. The highest BCUT2D eigenvalue weighted by molar-refractivity contribution is 5.00. The molecule has 1 heterocycles. The van der Waals surface area contributed by atoms with Crippen LogP contribution in [0.1, 0.15) is 73.1 Å². The smallest absolute Gasteiger partial charge is 0.0170 e. The summed E-state index contributed by atoms with van der Waals surface area (Å²) in [5, 5.41) is 13.5. The molecule has 0 spiro atoms. The number of hydrogen-bond acceptors (Lipinski definition) is 6. The van der Waals surface area contributed by atoms with Gasteiger partial charge in [-0.1, -0.05) is 13.3 Å². The van der Waals surface area contributed by atoms with Gasteiger partial charge < -0.3 is 27.0 Å². The van der Waals surface area contributed by atoms with Crippen molar-refractivity contribution in [3.8, 4) is 0 Å². The van der Waals surface area contributed by atoms with E-state index in [1.807, 2.05) is 7.05 Å². The molecule has 1 fully saturated rings. The van der Waals surface area contributed by atoms with Crippen LogP contribution in [0.15, 0.2) is 0 Å². The molecular formula is C23H54N6. The van der Waals surface area contributed by atoms with Crippen molar-refractivity contribution in [3.63, 3.8) is 0 Å². The fourth-order valence-electron chi connectivity index (χ4n) is 4.04. The van der Waals surface area contributed by atoms with Crippen LogP contribution in [-0.2, 0) is 0 Å². The van der Waals surface area contributed by atoms with Crippen LogP contribution in [0.2, 0.25) is 0 Å². The Hall–Kier alpha value is -0.240. The maximum absolute atomic E-state index is 5.36. The molecule has 0 amide bonds. The van der Waals surface area contributed by atoms with E-state index in [0.29, 0.717) is 17.1 Å². The van der Waals surface area contributed by atoms with Crippen LogP contribution in [0.3, 0.4) is 0 Å². The molecular weight excluding hydrogens is 360 g/mol. The summed E-state index contributed by atoms with van der Waals surface area (Å²) in [6.45, 7) is 19.0. The van der Waals surface area contributed by atoms with Crippen molar-refractivity contribution in [2.45, 2.75) is 90.3 Å². The Bertz CT molecular complexity index is 344. The molecule has 1 aliphatic rings.